The smallest absolute Gasteiger partial charge is 0.336 e. The summed E-state index contributed by atoms with van der Waals surface area (Å²) in [6.07, 6.45) is -0.755. The highest BCUT2D eigenvalue weighted by atomic mass is 16.5. The van der Waals surface area contributed by atoms with Gasteiger partial charge in [0.05, 0.1) is 5.56 Å². The van der Waals surface area contributed by atoms with E-state index in [1.165, 1.54) is 6.07 Å². The van der Waals surface area contributed by atoms with Gasteiger partial charge in [0.2, 0.25) is 0 Å². The number of benzene rings is 2. The van der Waals surface area contributed by atoms with Gasteiger partial charge in [-0.15, -0.1) is 0 Å². The van der Waals surface area contributed by atoms with Gasteiger partial charge in [-0.05, 0) is 36.2 Å². The zero-order valence-electron chi connectivity index (χ0n) is 11.4. The fourth-order valence-electron chi connectivity index (χ4n) is 1.92. The van der Waals surface area contributed by atoms with Gasteiger partial charge in [-0.3, -0.25) is 4.79 Å². The molecule has 0 aliphatic heterocycles. The summed E-state index contributed by atoms with van der Waals surface area (Å²) in [4.78, 5) is 22.3. The van der Waals surface area contributed by atoms with E-state index in [2.05, 4.69) is 0 Å². The van der Waals surface area contributed by atoms with Gasteiger partial charge in [-0.1, -0.05) is 30.3 Å². The molecule has 0 saturated heterocycles. The van der Waals surface area contributed by atoms with Crippen LogP contribution in [0, 0.1) is 0 Å². The van der Waals surface area contributed by atoms with Gasteiger partial charge >= 0.3 is 5.97 Å². The Labute approximate surface area is 122 Å². The van der Waals surface area contributed by atoms with E-state index < -0.39 is 18.0 Å². The van der Waals surface area contributed by atoms with Crippen molar-refractivity contribution in [1.29, 1.82) is 0 Å². The van der Waals surface area contributed by atoms with Crippen molar-refractivity contribution >= 4 is 11.9 Å². The molecule has 5 heteroatoms. The number of carbonyl (C=O) groups is 2. The lowest BCUT2D eigenvalue weighted by Crippen LogP contribution is -2.30. The SMILES string of the molecule is C[C@H](Oc1cccc(-c2ccccc2C(=O)O)c1)C(N)=O. The molecule has 0 aromatic heterocycles. The number of amides is 1. The molecule has 5 nitrogen and oxygen atoms in total. The Morgan fingerprint density at radius 2 is 1.86 bits per heavy atom. The molecule has 0 spiro atoms. The van der Waals surface area contributed by atoms with Crippen molar-refractivity contribution in [3.8, 4) is 16.9 Å². The Balaban J connectivity index is 2.38. The molecule has 0 fully saturated rings. The lowest BCUT2D eigenvalue weighted by molar-refractivity contribution is -0.123. The number of rotatable bonds is 5. The van der Waals surface area contributed by atoms with Crippen molar-refractivity contribution in [2.45, 2.75) is 13.0 Å². The molecule has 0 aliphatic rings. The molecule has 2 aromatic carbocycles. The number of carbonyl (C=O) groups excluding carboxylic acids is 1. The third kappa shape index (κ3) is 3.39. The van der Waals surface area contributed by atoms with Crippen LogP contribution >= 0.6 is 0 Å². The van der Waals surface area contributed by atoms with Crippen molar-refractivity contribution in [1.82, 2.24) is 0 Å². The first-order chi connectivity index (χ1) is 9.99. The van der Waals surface area contributed by atoms with E-state index in [-0.39, 0.29) is 5.56 Å². The molecule has 108 valence electrons. The van der Waals surface area contributed by atoms with E-state index in [9.17, 15) is 14.7 Å². The molecule has 21 heavy (non-hydrogen) atoms. The first-order valence-corrected chi connectivity index (χ1v) is 6.38. The van der Waals surface area contributed by atoms with Crippen molar-refractivity contribution in [3.63, 3.8) is 0 Å². The Morgan fingerprint density at radius 1 is 1.14 bits per heavy atom. The summed E-state index contributed by atoms with van der Waals surface area (Å²) in [5.41, 5.74) is 6.64. The summed E-state index contributed by atoms with van der Waals surface area (Å²) in [6, 6.07) is 13.6. The third-order valence-corrected chi connectivity index (χ3v) is 3.02. The van der Waals surface area contributed by atoms with Crippen LogP contribution in [-0.4, -0.2) is 23.1 Å². The van der Waals surface area contributed by atoms with E-state index in [4.69, 9.17) is 10.5 Å². The Morgan fingerprint density at radius 3 is 2.52 bits per heavy atom. The summed E-state index contributed by atoms with van der Waals surface area (Å²) >= 11 is 0. The molecular weight excluding hydrogens is 270 g/mol. The number of carboxylic acid groups (broad SMARTS) is 1. The van der Waals surface area contributed by atoms with Crippen molar-refractivity contribution in [3.05, 3.63) is 54.1 Å². The predicted molar refractivity (Wildman–Crippen MR) is 78.1 cm³/mol. The lowest BCUT2D eigenvalue weighted by atomic mass is 9.99. The number of ether oxygens (including phenoxy) is 1. The second-order valence-electron chi connectivity index (χ2n) is 4.54. The van der Waals surface area contributed by atoms with Gasteiger partial charge < -0.3 is 15.6 Å². The van der Waals surface area contributed by atoms with Crippen LogP contribution in [0.3, 0.4) is 0 Å². The molecule has 3 N–H and O–H groups in total. The van der Waals surface area contributed by atoms with E-state index in [0.717, 1.165) is 0 Å². The molecule has 0 radical (unpaired) electrons. The number of aromatic carboxylic acids is 1. The highest BCUT2D eigenvalue weighted by Crippen LogP contribution is 2.27. The molecule has 0 aliphatic carbocycles. The molecule has 2 rings (SSSR count). The van der Waals surface area contributed by atoms with Crippen LogP contribution in [-0.2, 0) is 4.79 Å². The minimum absolute atomic E-state index is 0.206. The quantitative estimate of drug-likeness (QED) is 0.882. The number of hydrogen-bond donors (Lipinski definition) is 2. The van der Waals surface area contributed by atoms with Crippen LogP contribution in [0.15, 0.2) is 48.5 Å². The molecule has 0 bridgehead atoms. The second kappa shape index (κ2) is 6.09. The van der Waals surface area contributed by atoms with E-state index in [1.807, 2.05) is 0 Å². The van der Waals surface area contributed by atoms with Crippen molar-refractivity contribution < 1.29 is 19.4 Å². The first-order valence-electron chi connectivity index (χ1n) is 6.38. The third-order valence-electron chi connectivity index (χ3n) is 3.02. The summed E-state index contributed by atoms with van der Waals surface area (Å²) in [7, 11) is 0. The van der Waals surface area contributed by atoms with Gasteiger partial charge in [0.25, 0.3) is 5.91 Å². The van der Waals surface area contributed by atoms with E-state index >= 15 is 0 Å². The molecular formula is C16H15NO4. The van der Waals surface area contributed by atoms with Gasteiger partial charge in [0, 0.05) is 0 Å². The summed E-state index contributed by atoms with van der Waals surface area (Å²) in [5.74, 6) is -1.10. The Kier molecular flexibility index (Phi) is 4.23. The first kappa shape index (κ1) is 14.6. The predicted octanol–water partition coefficient (Wildman–Crippen LogP) is 2.30. The maximum Gasteiger partial charge on any atom is 0.336 e. The van der Waals surface area contributed by atoms with Crippen LogP contribution < -0.4 is 10.5 Å². The number of primary amides is 1. The molecule has 1 atom stereocenters. The maximum absolute atomic E-state index is 11.3. The van der Waals surface area contributed by atoms with Crippen LogP contribution in [0.4, 0.5) is 0 Å². The number of hydrogen-bond acceptors (Lipinski definition) is 3. The van der Waals surface area contributed by atoms with Crippen LogP contribution in [0.2, 0.25) is 0 Å². The fourth-order valence-corrected chi connectivity index (χ4v) is 1.92. The zero-order chi connectivity index (χ0) is 15.4. The number of carboxylic acids is 1. The molecule has 1 amide bonds. The van der Waals surface area contributed by atoms with Gasteiger partial charge in [0.15, 0.2) is 6.10 Å². The van der Waals surface area contributed by atoms with Gasteiger partial charge in [-0.2, -0.15) is 0 Å². The lowest BCUT2D eigenvalue weighted by Gasteiger charge is -2.13. The Hall–Kier alpha value is -2.82. The monoisotopic (exact) mass is 285 g/mol. The average molecular weight is 285 g/mol. The van der Waals surface area contributed by atoms with Crippen molar-refractivity contribution in [2.24, 2.45) is 5.73 Å². The molecule has 0 saturated carbocycles. The normalized spacial score (nSPS) is 11.7. The van der Waals surface area contributed by atoms with Crippen LogP contribution in [0.5, 0.6) is 5.75 Å². The Bertz CT molecular complexity index is 681. The summed E-state index contributed by atoms with van der Waals surface area (Å²) < 4.78 is 5.42. The van der Waals surface area contributed by atoms with Crippen molar-refractivity contribution in [2.75, 3.05) is 0 Å². The second-order valence-corrected chi connectivity index (χ2v) is 4.54. The summed E-state index contributed by atoms with van der Waals surface area (Å²) in [5, 5.41) is 9.22. The zero-order valence-corrected chi connectivity index (χ0v) is 11.4. The molecule has 0 heterocycles. The fraction of sp³-hybridized carbons (Fsp3) is 0.125. The summed E-state index contributed by atoms with van der Waals surface area (Å²) in [6.45, 7) is 1.56. The van der Waals surface area contributed by atoms with Gasteiger partial charge in [-0.25, -0.2) is 4.79 Å². The van der Waals surface area contributed by atoms with E-state index in [0.29, 0.717) is 16.9 Å². The molecule has 0 unspecified atom stereocenters. The maximum atomic E-state index is 11.3. The van der Waals surface area contributed by atoms with Crippen LogP contribution in [0.1, 0.15) is 17.3 Å². The minimum atomic E-state index is -0.998. The van der Waals surface area contributed by atoms with Gasteiger partial charge in [0.1, 0.15) is 5.75 Å². The highest BCUT2D eigenvalue weighted by Gasteiger charge is 2.13. The highest BCUT2D eigenvalue weighted by molar-refractivity contribution is 5.96. The molecule has 2 aromatic rings. The van der Waals surface area contributed by atoms with E-state index in [1.54, 1.807) is 49.4 Å². The van der Waals surface area contributed by atoms with Crippen LogP contribution in [0.25, 0.3) is 11.1 Å². The topological polar surface area (TPSA) is 89.6 Å². The number of nitrogens with two attached hydrogens (primary N) is 1. The average Bonchev–Trinajstić information content (AvgIpc) is 2.47. The standard InChI is InChI=1S/C16H15NO4/c1-10(15(17)18)21-12-6-4-5-11(9-12)13-7-2-3-8-14(13)16(19)20/h2-10H,1H3,(H2,17,18)(H,19,20)/t10-/m0/s1. The minimum Gasteiger partial charge on any atom is -0.481 e. The largest absolute Gasteiger partial charge is 0.481 e.